The van der Waals surface area contributed by atoms with E-state index in [2.05, 4.69) is 15.6 Å². The molecule has 1 aliphatic rings. The van der Waals surface area contributed by atoms with Crippen LogP contribution in [0.25, 0.3) is 0 Å². The second kappa shape index (κ2) is 10.3. The average molecular weight is 453 g/mol. The molecule has 2 aromatic rings. The van der Waals surface area contributed by atoms with Gasteiger partial charge in [-0.2, -0.15) is 0 Å². The highest BCUT2D eigenvalue weighted by Gasteiger charge is 2.24. The molecule has 2 amide bonds. The first-order valence-corrected chi connectivity index (χ1v) is 10.6. The molecule has 2 atom stereocenters. The minimum atomic E-state index is -0.376. The molecular weight excluding hydrogens is 427 g/mol. The Hall–Kier alpha value is -2.06. The number of nitrogens with zero attached hydrogens (tertiary/aromatic N) is 2. The van der Waals surface area contributed by atoms with Gasteiger partial charge in [-0.15, -0.1) is 0 Å². The third-order valence-corrected chi connectivity index (χ3v) is 5.85. The highest BCUT2D eigenvalue weighted by Crippen LogP contribution is 2.27. The van der Waals surface area contributed by atoms with Crippen LogP contribution in [-0.4, -0.2) is 51.9 Å². The Morgan fingerprint density at radius 3 is 2.73 bits per heavy atom. The summed E-state index contributed by atoms with van der Waals surface area (Å²) in [5.74, 6) is 0.673. The van der Waals surface area contributed by atoms with E-state index in [1.165, 1.54) is 0 Å². The summed E-state index contributed by atoms with van der Waals surface area (Å²) in [7, 11) is 0. The number of carbonyl (C=O) groups excluding carboxylic acids is 1. The van der Waals surface area contributed by atoms with E-state index in [4.69, 9.17) is 23.2 Å². The number of amides is 2. The molecular formula is C21H26Cl2N4O3. The summed E-state index contributed by atoms with van der Waals surface area (Å²) in [5, 5.41) is 25.6. The van der Waals surface area contributed by atoms with Gasteiger partial charge in [-0.1, -0.05) is 29.3 Å². The van der Waals surface area contributed by atoms with Crippen LogP contribution < -0.4 is 10.6 Å². The molecule has 1 aromatic heterocycles. The van der Waals surface area contributed by atoms with E-state index in [0.29, 0.717) is 41.8 Å². The van der Waals surface area contributed by atoms with Crippen molar-refractivity contribution in [1.82, 2.24) is 15.2 Å². The van der Waals surface area contributed by atoms with Gasteiger partial charge in [-0.05, 0) is 54.7 Å². The Bertz CT molecular complexity index is 897. The predicted octanol–water partition coefficient (Wildman–Crippen LogP) is 3.37. The number of hydrogen-bond acceptors (Lipinski definition) is 5. The minimum Gasteiger partial charge on any atom is -0.396 e. The third-order valence-electron chi connectivity index (χ3n) is 5.11. The van der Waals surface area contributed by atoms with Crippen molar-refractivity contribution in [2.45, 2.75) is 38.4 Å². The smallest absolute Gasteiger partial charge is 0.318 e. The van der Waals surface area contributed by atoms with Gasteiger partial charge >= 0.3 is 6.03 Å². The van der Waals surface area contributed by atoms with Crippen LogP contribution in [0.5, 0.6) is 0 Å². The molecule has 30 heavy (non-hydrogen) atoms. The molecule has 1 aromatic carbocycles. The van der Waals surface area contributed by atoms with Crippen molar-refractivity contribution in [2.24, 2.45) is 0 Å². The number of aliphatic hydroxyl groups is 2. The molecule has 0 saturated heterocycles. The Morgan fingerprint density at radius 2 is 2.03 bits per heavy atom. The Morgan fingerprint density at radius 1 is 1.23 bits per heavy atom. The summed E-state index contributed by atoms with van der Waals surface area (Å²) in [4.78, 5) is 19.1. The molecule has 2 heterocycles. The van der Waals surface area contributed by atoms with Crippen molar-refractivity contribution >= 4 is 35.1 Å². The molecule has 0 unspecified atom stereocenters. The topological polar surface area (TPSA) is 97.7 Å². The monoisotopic (exact) mass is 452 g/mol. The number of halogens is 2. The van der Waals surface area contributed by atoms with Gasteiger partial charge in [0.2, 0.25) is 0 Å². The molecule has 3 rings (SSSR count). The number of fused-ring (bicyclic) bond motifs is 1. The number of rotatable bonds is 7. The number of benzene rings is 1. The normalized spacial score (nSPS) is 15.3. The molecule has 1 aliphatic heterocycles. The van der Waals surface area contributed by atoms with Crippen LogP contribution >= 0.6 is 23.2 Å². The van der Waals surface area contributed by atoms with E-state index in [1.54, 1.807) is 23.1 Å². The first kappa shape index (κ1) is 22.6. The quantitative estimate of drug-likeness (QED) is 0.516. The second-order valence-corrected chi connectivity index (χ2v) is 8.24. The molecule has 0 radical (unpaired) electrons. The standard InChI is InChI=1S/C21H26Cl2N4O3/c1-13(12-29)25-20-9-16-11-27(6-4-15(16)10-24-20)21(30)26-19(5-7-28)14-2-3-17(22)18(23)8-14/h2-3,8-10,13,19,28-29H,4-7,11-12H2,1H3,(H,24,25)(H,26,30)/t13-,19+/m0/s1. The number of anilines is 1. The zero-order valence-corrected chi connectivity index (χ0v) is 18.2. The van der Waals surface area contributed by atoms with Gasteiger partial charge in [0.05, 0.1) is 22.7 Å². The van der Waals surface area contributed by atoms with Crippen molar-refractivity contribution in [3.63, 3.8) is 0 Å². The lowest BCUT2D eigenvalue weighted by atomic mass is 10.0. The fourth-order valence-corrected chi connectivity index (χ4v) is 3.72. The molecule has 0 spiro atoms. The summed E-state index contributed by atoms with van der Waals surface area (Å²) >= 11 is 12.1. The molecule has 7 nitrogen and oxygen atoms in total. The Kier molecular flexibility index (Phi) is 7.77. The lowest BCUT2D eigenvalue weighted by Crippen LogP contribution is -2.44. The largest absolute Gasteiger partial charge is 0.396 e. The Labute approximate surface area is 186 Å². The van der Waals surface area contributed by atoms with E-state index in [1.807, 2.05) is 19.2 Å². The van der Waals surface area contributed by atoms with Gasteiger partial charge in [0.15, 0.2) is 0 Å². The van der Waals surface area contributed by atoms with Crippen LogP contribution in [0.4, 0.5) is 10.6 Å². The zero-order valence-electron chi connectivity index (χ0n) is 16.7. The van der Waals surface area contributed by atoms with E-state index in [-0.39, 0.29) is 31.3 Å². The molecule has 4 N–H and O–H groups in total. The van der Waals surface area contributed by atoms with Gasteiger partial charge in [-0.25, -0.2) is 9.78 Å². The van der Waals surface area contributed by atoms with Crippen molar-refractivity contribution in [1.29, 1.82) is 0 Å². The van der Waals surface area contributed by atoms with E-state index >= 15 is 0 Å². The van der Waals surface area contributed by atoms with Gasteiger partial charge in [0, 0.05) is 31.9 Å². The van der Waals surface area contributed by atoms with Gasteiger partial charge in [0.25, 0.3) is 0 Å². The molecule has 0 bridgehead atoms. The average Bonchev–Trinajstić information content (AvgIpc) is 2.74. The van der Waals surface area contributed by atoms with E-state index in [9.17, 15) is 15.0 Å². The molecule has 0 fully saturated rings. The summed E-state index contributed by atoms with van der Waals surface area (Å²) in [6, 6.07) is 6.42. The summed E-state index contributed by atoms with van der Waals surface area (Å²) < 4.78 is 0. The van der Waals surface area contributed by atoms with Gasteiger partial charge in [-0.3, -0.25) is 0 Å². The molecule has 0 aliphatic carbocycles. The third kappa shape index (κ3) is 5.55. The van der Waals surface area contributed by atoms with Crippen LogP contribution in [0.2, 0.25) is 10.0 Å². The van der Waals surface area contributed by atoms with Crippen LogP contribution in [-0.2, 0) is 13.0 Å². The molecule has 162 valence electrons. The lowest BCUT2D eigenvalue weighted by molar-refractivity contribution is 0.184. The minimum absolute atomic E-state index is 0.00819. The number of aliphatic hydroxyl groups excluding tert-OH is 2. The van der Waals surface area contributed by atoms with Crippen molar-refractivity contribution in [3.8, 4) is 0 Å². The van der Waals surface area contributed by atoms with Crippen LogP contribution in [0.1, 0.15) is 36.1 Å². The maximum atomic E-state index is 12.9. The Balaban J connectivity index is 1.70. The fraction of sp³-hybridized carbons (Fsp3) is 0.429. The first-order valence-electron chi connectivity index (χ1n) is 9.87. The van der Waals surface area contributed by atoms with E-state index < -0.39 is 0 Å². The van der Waals surface area contributed by atoms with Gasteiger partial charge in [0.1, 0.15) is 5.82 Å². The number of hydrogen-bond donors (Lipinski definition) is 4. The van der Waals surface area contributed by atoms with Crippen molar-refractivity contribution in [3.05, 3.63) is 57.2 Å². The highest BCUT2D eigenvalue weighted by molar-refractivity contribution is 6.42. The number of pyridine rings is 1. The van der Waals surface area contributed by atoms with Crippen LogP contribution in [0.3, 0.4) is 0 Å². The molecule has 9 heteroatoms. The second-order valence-electron chi connectivity index (χ2n) is 7.43. The summed E-state index contributed by atoms with van der Waals surface area (Å²) in [6.07, 6.45) is 2.90. The van der Waals surface area contributed by atoms with Crippen molar-refractivity contribution in [2.75, 3.05) is 25.1 Å². The maximum absolute atomic E-state index is 12.9. The van der Waals surface area contributed by atoms with Crippen LogP contribution in [0.15, 0.2) is 30.5 Å². The number of nitrogens with one attached hydrogen (secondary N) is 2. The number of carbonyl (C=O) groups is 1. The highest BCUT2D eigenvalue weighted by atomic mass is 35.5. The van der Waals surface area contributed by atoms with Gasteiger partial charge < -0.3 is 25.7 Å². The first-order chi connectivity index (χ1) is 14.4. The zero-order chi connectivity index (χ0) is 21.7. The lowest BCUT2D eigenvalue weighted by Gasteiger charge is -2.31. The SMILES string of the molecule is C[C@@H](CO)Nc1cc2c(cn1)CCN(C(=O)N[C@H](CCO)c1ccc(Cl)c(Cl)c1)C2. The number of urea groups is 1. The number of aromatic nitrogens is 1. The van der Waals surface area contributed by atoms with Crippen LogP contribution in [0, 0.1) is 0 Å². The predicted molar refractivity (Wildman–Crippen MR) is 118 cm³/mol. The van der Waals surface area contributed by atoms with Crippen molar-refractivity contribution < 1.29 is 15.0 Å². The molecule has 0 saturated carbocycles. The summed E-state index contributed by atoms with van der Waals surface area (Å²) in [5.41, 5.74) is 2.92. The fourth-order valence-electron chi connectivity index (χ4n) is 3.41. The maximum Gasteiger partial charge on any atom is 0.318 e. The van der Waals surface area contributed by atoms with E-state index in [0.717, 1.165) is 16.7 Å². The summed E-state index contributed by atoms with van der Waals surface area (Å²) in [6.45, 7) is 2.84.